The van der Waals surface area contributed by atoms with Crippen molar-refractivity contribution in [3.63, 3.8) is 0 Å². The summed E-state index contributed by atoms with van der Waals surface area (Å²) in [6.45, 7) is 1.65. The minimum absolute atomic E-state index is 0.179. The summed E-state index contributed by atoms with van der Waals surface area (Å²) in [4.78, 5) is 13.5. The molecule has 2 fully saturated rings. The van der Waals surface area contributed by atoms with Gasteiger partial charge < -0.3 is 20.6 Å². The molecule has 3 N–H and O–H groups in total. The van der Waals surface area contributed by atoms with Crippen molar-refractivity contribution >= 4 is 17.5 Å². The third-order valence-electron chi connectivity index (χ3n) is 5.59. The number of nitrogen functional groups attached to an aromatic ring is 1. The molecule has 2 atom stereocenters. The molecule has 3 aromatic rings. The van der Waals surface area contributed by atoms with Gasteiger partial charge in [-0.2, -0.15) is 0 Å². The number of nitrogens with zero attached hydrogens (tertiary/aromatic N) is 6. The molecule has 5 rings (SSSR count). The summed E-state index contributed by atoms with van der Waals surface area (Å²) < 4.78 is 0. The molecule has 2 unspecified atom stereocenters. The van der Waals surface area contributed by atoms with Crippen molar-refractivity contribution < 1.29 is 5.11 Å². The number of aromatic nitrogens is 4. The van der Waals surface area contributed by atoms with E-state index in [0.717, 1.165) is 37.6 Å². The van der Waals surface area contributed by atoms with E-state index < -0.39 is 0 Å². The van der Waals surface area contributed by atoms with E-state index in [2.05, 4.69) is 30.0 Å². The molecular formula is C20H21N7O. The fraction of sp³-hybridized carbons (Fsp3) is 0.300. The Morgan fingerprint density at radius 2 is 1.68 bits per heavy atom. The Hall–Kier alpha value is -3.42. The summed E-state index contributed by atoms with van der Waals surface area (Å²) in [5, 5.41) is 18.5. The van der Waals surface area contributed by atoms with Gasteiger partial charge in [-0.25, -0.2) is 9.97 Å². The van der Waals surface area contributed by atoms with Crippen LogP contribution in [0.15, 0.2) is 48.8 Å². The van der Waals surface area contributed by atoms with Crippen molar-refractivity contribution in [2.75, 3.05) is 28.6 Å². The molecule has 0 aliphatic carbocycles. The Bertz CT molecular complexity index is 983. The number of rotatable bonds is 3. The molecule has 2 aromatic heterocycles. The molecule has 0 amide bonds. The predicted octanol–water partition coefficient (Wildman–Crippen LogP) is 2.08. The van der Waals surface area contributed by atoms with Crippen molar-refractivity contribution in [1.29, 1.82) is 0 Å². The van der Waals surface area contributed by atoms with E-state index in [9.17, 15) is 5.11 Å². The number of benzene rings is 1. The monoisotopic (exact) mass is 375 g/mol. The Morgan fingerprint density at radius 3 is 2.39 bits per heavy atom. The average molecular weight is 375 g/mol. The summed E-state index contributed by atoms with van der Waals surface area (Å²) in [6, 6.07) is 11.6. The first-order valence-corrected chi connectivity index (χ1v) is 9.42. The predicted molar refractivity (Wildman–Crippen MR) is 107 cm³/mol. The summed E-state index contributed by atoms with van der Waals surface area (Å²) in [7, 11) is 0. The second-order valence-electron chi connectivity index (χ2n) is 7.26. The molecule has 28 heavy (non-hydrogen) atoms. The molecule has 1 aromatic carbocycles. The van der Waals surface area contributed by atoms with Gasteiger partial charge in [0, 0.05) is 43.1 Å². The Balaban J connectivity index is 1.45. The van der Waals surface area contributed by atoms with Gasteiger partial charge in [-0.3, -0.25) is 0 Å². The summed E-state index contributed by atoms with van der Waals surface area (Å²) >= 11 is 0. The van der Waals surface area contributed by atoms with Gasteiger partial charge >= 0.3 is 0 Å². The highest BCUT2D eigenvalue weighted by Gasteiger charge is 2.41. The second kappa shape index (κ2) is 6.63. The largest absolute Gasteiger partial charge is 0.507 e. The van der Waals surface area contributed by atoms with Gasteiger partial charge in [0.25, 0.3) is 0 Å². The van der Waals surface area contributed by atoms with Gasteiger partial charge in [0.05, 0.1) is 11.4 Å². The van der Waals surface area contributed by atoms with E-state index >= 15 is 0 Å². The number of hydrogen-bond donors (Lipinski definition) is 2. The Kier molecular flexibility index (Phi) is 3.96. The van der Waals surface area contributed by atoms with E-state index in [-0.39, 0.29) is 5.75 Å². The van der Waals surface area contributed by atoms with Gasteiger partial charge in [-0.05, 0) is 37.1 Å². The molecular weight excluding hydrogens is 354 g/mol. The van der Waals surface area contributed by atoms with Gasteiger partial charge in [0.15, 0.2) is 5.82 Å². The Labute approximate surface area is 162 Å². The van der Waals surface area contributed by atoms with Gasteiger partial charge in [-0.1, -0.05) is 12.1 Å². The maximum atomic E-state index is 10.2. The van der Waals surface area contributed by atoms with Crippen LogP contribution in [0.1, 0.15) is 12.8 Å². The molecule has 4 heterocycles. The van der Waals surface area contributed by atoms with Crippen LogP contribution in [0, 0.1) is 0 Å². The van der Waals surface area contributed by atoms with Crippen LogP contribution in [0.3, 0.4) is 0 Å². The van der Waals surface area contributed by atoms with Crippen molar-refractivity contribution in [2.45, 2.75) is 24.9 Å². The van der Waals surface area contributed by atoms with Crippen LogP contribution in [-0.4, -0.2) is 50.4 Å². The molecule has 142 valence electrons. The van der Waals surface area contributed by atoms with Crippen LogP contribution < -0.4 is 15.5 Å². The molecule has 2 bridgehead atoms. The normalized spacial score (nSPS) is 21.1. The number of nitrogens with two attached hydrogens (primary N) is 1. The molecule has 8 nitrogen and oxygen atoms in total. The first kappa shape index (κ1) is 16.7. The van der Waals surface area contributed by atoms with E-state index in [1.165, 1.54) is 0 Å². The van der Waals surface area contributed by atoms with Crippen LogP contribution in [0.2, 0.25) is 0 Å². The van der Waals surface area contributed by atoms with Crippen molar-refractivity contribution in [3.8, 4) is 17.0 Å². The zero-order chi connectivity index (χ0) is 19.1. The standard InChI is InChI=1S/C20H21N7O/c21-19-17(10-16(24-25-19)15-4-1-2-5-18(15)28)26-11-13-6-7-14(12-26)27(13)20-22-8-3-9-23-20/h1-5,8-10,13-14,28H,6-7,11-12H2,(H2,21,25). The first-order valence-electron chi connectivity index (χ1n) is 9.42. The summed E-state index contributed by atoms with van der Waals surface area (Å²) in [5.74, 6) is 1.38. The number of hydrogen-bond acceptors (Lipinski definition) is 8. The number of anilines is 3. The highest BCUT2D eigenvalue weighted by atomic mass is 16.3. The van der Waals surface area contributed by atoms with Crippen molar-refractivity contribution in [1.82, 2.24) is 20.2 Å². The highest BCUT2D eigenvalue weighted by Crippen LogP contribution is 2.37. The number of phenols is 1. The summed E-state index contributed by atoms with van der Waals surface area (Å²) in [6.07, 6.45) is 5.78. The smallest absolute Gasteiger partial charge is 0.225 e. The highest BCUT2D eigenvalue weighted by molar-refractivity contribution is 5.74. The zero-order valence-electron chi connectivity index (χ0n) is 15.3. The summed E-state index contributed by atoms with van der Waals surface area (Å²) in [5.41, 5.74) is 8.30. The minimum Gasteiger partial charge on any atom is -0.507 e. The number of fused-ring (bicyclic) bond motifs is 2. The van der Waals surface area contributed by atoms with Crippen LogP contribution in [0.5, 0.6) is 5.75 Å². The topological polar surface area (TPSA) is 104 Å². The SMILES string of the molecule is Nc1nnc(-c2ccccc2O)cc1N1CC2CCC(C1)N2c1ncccn1. The van der Waals surface area contributed by atoms with Crippen LogP contribution in [0.4, 0.5) is 17.5 Å². The van der Waals surface area contributed by atoms with E-state index in [0.29, 0.717) is 29.2 Å². The van der Waals surface area contributed by atoms with Gasteiger partial charge in [0.1, 0.15) is 5.75 Å². The third kappa shape index (κ3) is 2.77. The van der Waals surface area contributed by atoms with Gasteiger partial charge in [-0.15, -0.1) is 10.2 Å². The fourth-order valence-electron chi connectivity index (χ4n) is 4.32. The quantitative estimate of drug-likeness (QED) is 0.717. The number of para-hydroxylation sites is 1. The second-order valence-corrected chi connectivity index (χ2v) is 7.26. The maximum Gasteiger partial charge on any atom is 0.225 e. The number of piperazine rings is 1. The average Bonchev–Trinajstić information content (AvgIpc) is 2.99. The molecule has 0 radical (unpaired) electrons. The maximum absolute atomic E-state index is 10.2. The molecule has 2 aliphatic heterocycles. The minimum atomic E-state index is 0.179. The lowest BCUT2D eigenvalue weighted by atomic mass is 10.1. The lowest BCUT2D eigenvalue weighted by Gasteiger charge is -2.42. The van der Waals surface area contributed by atoms with Crippen LogP contribution in [0.25, 0.3) is 11.3 Å². The molecule has 2 saturated heterocycles. The fourth-order valence-corrected chi connectivity index (χ4v) is 4.32. The van der Waals surface area contributed by atoms with E-state index in [4.69, 9.17) is 5.73 Å². The molecule has 8 heteroatoms. The lowest BCUT2D eigenvalue weighted by molar-refractivity contribution is 0.477. The van der Waals surface area contributed by atoms with Crippen LogP contribution in [-0.2, 0) is 0 Å². The van der Waals surface area contributed by atoms with E-state index in [1.54, 1.807) is 24.5 Å². The molecule has 0 saturated carbocycles. The number of phenolic OH excluding ortho intramolecular Hbond substituents is 1. The number of aromatic hydroxyl groups is 1. The lowest BCUT2D eigenvalue weighted by Crippen LogP contribution is -2.54. The third-order valence-corrected chi connectivity index (χ3v) is 5.59. The molecule has 0 spiro atoms. The van der Waals surface area contributed by atoms with Crippen LogP contribution >= 0.6 is 0 Å². The zero-order valence-corrected chi connectivity index (χ0v) is 15.3. The van der Waals surface area contributed by atoms with E-state index in [1.807, 2.05) is 24.3 Å². The Morgan fingerprint density at radius 1 is 0.964 bits per heavy atom. The van der Waals surface area contributed by atoms with Crippen molar-refractivity contribution in [2.24, 2.45) is 0 Å². The molecule has 2 aliphatic rings. The van der Waals surface area contributed by atoms with Crippen molar-refractivity contribution in [3.05, 3.63) is 48.8 Å². The first-order chi connectivity index (χ1) is 13.7. The van der Waals surface area contributed by atoms with Gasteiger partial charge in [0.2, 0.25) is 5.95 Å².